The number of aryl methyl sites for hydroxylation is 2. The monoisotopic (exact) mass is 446 g/mol. The lowest BCUT2D eigenvalue weighted by molar-refractivity contribution is -0.0828. The maximum Gasteiger partial charge on any atom is 0.255 e. The van der Waals surface area contributed by atoms with Gasteiger partial charge in [-0.3, -0.25) is 14.6 Å². The van der Waals surface area contributed by atoms with Crippen LogP contribution in [0.3, 0.4) is 0 Å². The van der Waals surface area contributed by atoms with Crippen molar-refractivity contribution in [1.29, 1.82) is 0 Å². The Morgan fingerprint density at radius 1 is 1.21 bits per heavy atom. The Bertz CT molecular complexity index is 1220. The van der Waals surface area contributed by atoms with Crippen LogP contribution in [-0.4, -0.2) is 55.4 Å². The molecule has 33 heavy (non-hydrogen) atoms. The van der Waals surface area contributed by atoms with Gasteiger partial charge in [0.15, 0.2) is 0 Å². The number of rotatable bonds is 4. The van der Waals surface area contributed by atoms with Gasteiger partial charge in [0.2, 0.25) is 0 Å². The van der Waals surface area contributed by atoms with Gasteiger partial charge in [0.05, 0.1) is 37.5 Å². The standard InChI is InChI=1S/C24H26N6O3/c1-16-4-3-5-18(10-16)22(31)26-12-20-21-13-33-24(15-30(21)28-27-20)7-9-29(14-24)23(32)19-11-25-8-6-17(19)2/h3-6,8,10-11H,7,9,12-15H2,1-2H3,(H,26,31). The van der Waals surface area contributed by atoms with Gasteiger partial charge >= 0.3 is 0 Å². The quantitative estimate of drug-likeness (QED) is 0.658. The van der Waals surface area contributed by atoms with Gasteiger partial charge in [-0.2, -0.15) is 0 Å². The molecule has 2 aromatic heterocycles. The molecule has 2 aliphatic rings. The lowest BCUT2D eigenvalue weighted by Crippen LogP contribution is -2.45. The predicted octanol–water partition coefficient (Wildman–Crippen LogP) is 2.04. The first kappa shape index (κ1) is 21.3. The fraction of sp³-hybridized carbons (Fsp3) is 0.375. The summed E-state index contributed by atoms with van der Waals surface area (Å²) in [5.74, 6) is -0.172. The average molecular weight is 447 g/mol. The Labute approximate surface area is 191 Å². The Morgan fingerprint density at radius 3 is 2.91 bits per heavy atom. The first-order valence-electron chi connectivity index (χ1n) is 11.0. The third-order valence-electron chi connectivity index (χ3n) is 6.44. The van der Waals surface area contributed by atoms with Crippen LogP contribution in [0.25, 0.3) is 0 Å². The number of benzene rings is 1. The molecule has 170 valence electrons. The van der Waals surface area contributed by atoms with E-state index in [1.54, 1.807) is 18.5 Å². The molecule has 9 heteroatoms. The van der Waals surface area contributed by atoms with E-state index < -0.39 is 5.60 Å². The van der Waals surface area contributed by atoms with Crippen molar-refractivity contribution in [2.75, 3.05) is 13.1 Å². The Hall–Kier alpha value is -3.59. The van der Waals surface area contributed by atoms with E-state index in [0.717, 1.165) is 23.2 Å². The number of hydrogen-bond donors (Lipinski definition) is 1. The van der Waals surface area contributed by atoms with Gasteiger partial charge in [0, 0.05) is 24.5 Å². The summed E-state index contributed by atoms with van der Waals surface area (Å²) >= 11 is 0. The minimum atomic E-state index is -0.478. The van der Waals surface area contributed by atoms with Crippen molar-refractivity contribution < 1.29 is 14.3 Å². The number of aromatic nitrogens is 4. The van der Waals surface area contributed by atoms with Crippen LogP contribution in [0.2, 0.25) is 0 Å². The summed E-state index contributed by atoms with van der Waals surface area (Å²) in [6.45, 7) is 6.14. The van der Waals surface area contributed by atoms with Crippen LogP contribution in [0.15, 0.2) is 42.7 Å². The van der Waals surface area contributed by atoms with Gasteiger partial charge < -0.3 is 15.0 Å². The number of nitrogens with zero attached hydrogens (tertiary/aromatic N) is 5. The van der Waals surface area contributed by atoms with Gasteiger partial charge in [0.25, 0.3) is 11.8 Å². The van der Waals surface area contributed by atoms with Crippen molar-refractivity contribution in [2.45, 2.75) is 45.6 Å². The van der Waals surface area contributed by atoms with Crippen molar-refractivity contribution in [3.63, 3.8) is 0 Å². The van der Waals surface area contributed by atoms with Crippen LogP contribution >= 0.6 is 0 Å². The summed E-state index contributed by atoms with van der Waals surface area (Å²) in [4.78, 5) is 31.4. The molecule has 9 nitrogen and oxygen atoms in total. The van der Waals surface area contributed by atoms with E-state index in [1.165, 1.54) is 0 Å². The molecule has 0 bridgehead atoms. The van der Waals surface area contributed by atoms with E-state index >= 15 is 0 Å². The number of pyridine rings is 1. The summed E-state index contributed by atoms with van der Waals surface area (Å²) in [5.41, 5.74) is 4.26. The van der Waals surface area contributed by atoms with Gasteiger partial charge in [-0.1, -0.05) is 22.9 Å². The molecule has 2 aliphatic heterocycles. The molecule has 1 N–H and O–H groups in total. The maximum atomic E-state index is 13.0. The highest BCUT2D eigenvalue weighted by atomic mass is 16.5. The molecular formula is C24H26N6O3. The third kappa shape index (κ3) is 4.11. The molecule has 1 fully saturated rings. The van der Waals surface area contributed by atoms with Crippen LogP contribution in [0.1, 0.15) is 49.7 Å². The zero-order chi connectivity index (χ0) is 23.0. The van der Waals surface area contributed by atoms with Gasteiger partial charge in [-0.05, 0) is 44.0 Å². The molecular weight excluding hydrogens is 420 g/mol. The van der Waals surface area contributed by atoms with Gasteiger partial charge in [0.1, 0.15) is 11.3 Å². The number of nitrogens with one attached hydrogen (secondary N) is 1. The molecule has 0 aliphatic carbocycles. The lowest BCUT2D eigenvalue weighted by Gasteiger charge is -2.34. The molecule has 0 saturated carbocycles. The normalized spacial score (nSPS) is 19.5. The Kier molecular flexibility index (Phi) is 5.41. The van der Waals surface area contributed by atoms with Crippen LogP contribution in [0.5, 0.6) is 0 Å². The van der Waals surface area contributed by atoms with E-state index in [4.69, 9.17) is 4.74 Å². The summed E-state index contributed by atoms with van der Waals surface area (Å²) < 4.78 is 8.13. The first-order valence-corrected chi connectivity index (χ1v) is 11.0. The number of carbonyl (C=O) groups excluding carboxylic acids is 2. The van der Waals surface area contributed by atoms with Gasteiger partial charge in [-0.15, -0.1) is 5.10 Å². The van der Waals surface area contributed by atoms with E-state index in [1.807, 2.05) is 47.7 Å². The van der Waals surface area contributed by atoms with E-state index in [0.29, 0.717) is 43.1 Å². The SMILES string of the molecule is Cc1cccc(C(=O)NCc2nnn3c2COC2(CCN(C(=O)c4cnccc4C)C2)C3)c1. The number of hydrogen-bond acceptors (Lipinski definition) is 6. The number of likely N-dealkylation sites (tertiary alicyclic amines) is 1. The van der Waals surface area contributed by atoms with Crippen molar-refractivity contribution in [3.05, 3.63) is 76.4 Å². The van der Waals surface area contributed by atoms with Gasteiger partial charge in [-0.25, -0.2) is 4.68 Å². The smallest absolute Gasteiger partial charge is 0.255 e. The summed E-state index contributed by atoms with van der Waals surface area (Å²) in [6, 6.07) is 9.30. The third-order valence-corrected chi connectivity index (χ3v) is 6.44. The minimum absolute atomic E-state index is 0.0231. The molecule has 1 unspecified atom stereocenters. The predicted molar refractivity (Wildman–Crippen MR) is 119 cm³/mol. The molecule has 1 saturated heterocycles. The fourth-order valence-corrected chi connectivity index (χ4v) is 4.51. The molecule has 5 rings (SSSR count). The number of amides is 2. The topological polar surface area (TPSA) is 102 Å². The van der Waals surface area contributed by atoms with E-state index in [2.05, 4.69) is 20.6 Å². The summed E-state index contributed by atoms with van der Waals surface area (Å²) in [7, 11) is 0. The zero-order valence-electron chi connectivity index (χ0n) is 18.7. The second kappa shape index (κ2) is 8.40. The van der Waals surface area contributed by atoms with Crippen molar-refractivity contribution >= 4 is 11.8 Å². The van der Waals surface area contributed by atoms with Crippen molar-refractivity contribution in [1.82, 2.24) is 30.2 Å². The highest BCUT2D eigenvalue weighted by molar-refractivity contribution is 5.95. The second-order valence-electron chi connectivity index (χ2n) is 8.83. The number of carbonyl (C=O) groups is 2. The minimum Gasteiger partial charge on any atom is -0.365 e. The van der Waals surface area contributed by atoms with Crippen LogP contribution in [0.4, 0.5) is 0 Å². The lowest BCUT2D eigenvalue weighted by atomic mass is 10.0. The highest BCUT2D eigenvalue weighted by Gasteiger charge is 2.45. The zero-order valence-corrected chi connectivity index (χ0v) is 18.7. The van der Waals surface area contributed by atoms with Crippen molar-refractivity contribution in [2.24, 2.45) is 0 Å². The van der Waals surface area contributed by atoms with E-state index in [9.17, 15) is 9.59 Å². The fourth-order valence-electron chi connectivity index (χ4n) is 4.51. The average Bonchev–Trinajstić information content (AvgIpc) is 3.41. The summed E-state index contributed by atoms with van der Waals surface area (Å²) in [5, 5.41) is 11.5. The molecule has 2 amide bonds. The maximum absolute atomic E-state index is 13.0. The number of ether oxygens (including phenoxy) is 1. The Morgan fingerprint density at radius 2 is 2.09 bits per heavy atom. The first-order chi connectivity index (χ1) is 15.9. The van der Waals surface area contributed by atoms with Crippen LogP contribution in [-0.2, 0) is 24.4 Å². The summed E-state index contributed by atoms with van der Waals surface area (Å²) in [6.07, 6.45) is 4.04. The highest BCUT2D eigenvalue weighted by Crippen LogP contribution is 2.33. The van der Waals surface area contributed by atoms with Crippen LogP contribution in [0, 0.1) is 13.8 Å². The van der Waals surface area contributed by atoms with Crippen molar-refractivity contribution in [3.8, 4) is 0 Å². The molecule has 3 aromatic rings. The second-order valence-corrected chi connectivity index (χ2v) is 8.83. The van der Waals surface area contributed by atoms with E-state index in [-0.39, 0.29) is 18.4 Å². The molecule has 4 heterocycles. The Balaban J connectivity index is 1.24. The molecule has 1 aromatic carbocycles. The van der Waals surface area contributed by atoms with Crippen LogP contribution < -0.4 is 5.32 Å². The molecule has 1 spiro atoms. The molecule has 0 radical (unpaired) electrons. The largest absolute Gasteiger partial charge is 0.365 e. The number of fused-ring (bicyclic) bond motifs is 1. The molecule has 1 atom stereocenters.